The molecule has 0 unspecified atom stereocenters. The molecule has 0 aliphatic heterocycles. The average molecular weight is 304 g/mol. The number of Topliss-reactive ketones (excluding diaryl/α,β-unsaturated/α-hetero) is 1. The van der Waals surface area contributed by atoms with Crippen LogP contribution in [0.1, 0.15) is 20.7 Å². The van der Waals surface area contributed by atoms with E-state index in [2.05, 4.69) is 5.32 Å². The molecular weight excluding hydrogens is 290 g/mol. The highest BCUT2D eigenvalue weighted by Crippen LogP contribution is 2.12. The molecule has 0 heterocycles. The van der Waals surface area contributed by atoms with E-state index in [1.165, 1.54) is 0 Å². The molecule has 0 spiro atoms. The smallest absolute Gasteiger partial charge is 0.251 e. The summed E-state index contributed by atoms with van der Waals surface area (Å²) in [4.78, 5) is 23.9. The molecule has 0 radical (unpaired) electrons. The minimum Gasteiger partial charge on any atom is -0.497 e. The molecule has 2 rings (SSSR count). The van der Waals surface area contributed by atoms with Crippen molar-refractivity contribution >= 4 is 23.3 Å². The zero-order chi connectivity index (χ0) is 15.2. The van der Waals surface area contributed by atoms with Crippen LogP contribution >= 0.6 is 11.6 Å². The van der Waals surface area contributed by atoms with Crippen molar-refractivity contribution in [2.24, 2.45) is 0 Å². The monoisotopic (exact) mass is 303 g/mol. The minimum atomic E-state index is -0.312. The van der Waals surface area contributed by atoms with Crippen molar-refractivity contribution < 1.29 is 14.3 Å². The predicted molar refractivity (Wildman–Crippen MR) is 81.1 cm³/mol. The van der Waals surface area contributed by atoms with Gasteiger partial charge in [0, 0.05) is 16.1 Å². The van der Waals surface area contributed by atoms with Crippen LogP contribution < -0.4 is 10.1 Å². The van der Waals surface area contributed by atoms with Gasteiger partial charge in [0.25, 0.3) is 5.91 Å². The summed E-state index contributed by atoms with van der Waals surface area (Å²) in [6.45, 7) is -0.0782. The molecule has 0 aliphatic carbocycles. The van der Waals surface area contributed by atoms with Crippen molar-refractivity contribution in [1.82, 2.24) is 5.32 Å². The van der Waals surface area contributed by atoms with Crippen molar-refractivity contribution in [3.8, 4) is 5.75 Å². The summed E-state index contributed by atoms with van der Waals surface area (Å²) in [6, 6.07) is 13.3. The Balaban J connectivity index is 1.95. The van der Waals surface area contributed by atoms with Gasteiger partial charge in [-0.25, -0.2) is 0 Å². The van der Waals surface area contributed by atoms with E-state index in [4.69, 9.17) is 16.3 Å². The third kappa shape index (κ3) is 4.07. The molecule has 0 aliphatic rings. The lowest BCUT2D eigenvalue weighted by Gasteiger charge is -2.06. The second-order valence-electron chi connectivity index (χ2n) is 4.34. The number of ether oxygens (including phenoxy) is 1. The van der Waals surface area contributed by atoms with Crippen LogP contribution in [0.5, 0.6) is 5.75 Å². The van der Waals surface area contributed by atoms with E-state index >= 15 is 0 Å². The Kier molecular flexibility index (Phi) is 4.95. The third-order valence-electron chi connectivity index (χ3n) is 2.91. The molecule has 2 aromatic carbocycles. The topological polar surface area (TPSA) is 55.4 Å². The van der Waals surface area contributed by atoms with E-state index in [1.54, 1.807) is 55.6 Å². The van der Waals surface area contributed by atoms with Crippen LogP contribution in [0.4, 0.5) is 0 Å². The highest BCUT2D eigenvalue weighted by Gasteiger charge is 2.10. The maximum atomic E-state index is 11.9. The number of nitrogens with one attached hydrogen (secondary N) is 1. The molecule has 0 bridgehead atoms. The van der Waals surface area contributed by atoms with Gasteiger partial charge in [-0.05, 0) is 36.4 Å². The maximum absolute atomic E-state index is 11.9. The van der Waals surface area contributed by atoms with Gasteiger partial charge >= 0.3 is 0 Å². The second kappa shape index (κ2) is 6.90. The number of hydrogen-bond acceptors (Lipinski definition) is 3. The third-order valence-corrected chi connectivity index (χ3v) is 3.14. The number of amides is 1. The van der Waals surface area contributed by atoms with Gasteiger partial charge in [0.1, 0.15) is 5.75 Å². The number of ketones is 1. The molecule has 0 saturated carbocycles. The Morgan fingerprint density at radius 2 is 1.81 bits per heavy atom. The lowest BCUT2D eigenvalue weighted by Crippen LogP contribution is -2.29. The quantitative estimate of drug-likeness (QED) is 0.864. The second-order valence-corrected chi connectivity index (χ2v) is 4.78. The van der Waals surface area contributed by atoms with Crippen LogP contribution in [0, 0.1) is 0 Å². The normalized spacial score (nSPS) is 10.0. The first-order valence-corrected chi connectivity index (χ1v) is 6.69. The van der Waals surface area contributed by atoms with Gasteiger partial charge in [-0.15, -0.1) is 0 Å². The van der Waals surface area contributed by atoms with Gasteiger partial charge in [-0.3, -0.25) is 9.59 Å². The van der Waals surface area contributed by atoms with E-state index < -0.39 is 0 Å². The van der Waals surface area contributed by atoms with E-state index in [9.17, 15) is 9.59 Å². The fourth-order valence-corrected chi connectivity index (χ4v) is 1.96. The van der Waals surface area contributed by atoms with Crippen LogP contribution in [0.15, 0.2) is 48.5 Å². The molecular formula is C16H14ClNO3. The number of carbonyl (C=O) groups excluding carboxylic acids is 2. The largest absolute Gasteiger partial charge is 0.497 e. The summed E-state index contributed by atoms with van der Waals surface area (Å²) in [5.74, 6) is 0.161. The van der Waals surface area contributed by atoms with Crippen molar-refractivity contribution in [2.45, 2.75) is 0 Å². The Morgan fingerprint density at radius 1 is 1.10 bits per heavy atom. The molecule has 5 heteroatoms. The van der Waals surface area contributed by atoms with Crippen LogP contribution in [0.3, 0.4) is 0 Å². The van der Waals surface area contributed by atoms with E-state index in [0.717, 1.165) is 0 Å². The van der Waals surface area contributed by atoms with Crippen molar-refractivity contribution in [2.75, 3.05) is 13.7 Å². The molecule has 0 aromatic heterocycles. The molecule has 0 fully saturated rings. The highest BCUT2D eigenvalue weighted by atomic mass is 35.5. The molecule has 4 nitrogen and oxygen atoms in total. The Labute approximate surface area is 127 Å². The first kappa shape index (κ1) is 15.1. The van der Waals surface area contributed by atoms with Gasteiger partial charge < -0.3 is 10.1 Å². The van der Waals surface area contributed by atoms with E-state index in [0.29, 0.717) is 21.9 Å². The van der Waals surface area contributed by atoms with Crippen LogP contribution in [0.2, 0.25) is 5.02 Å². The molecule has 0 saturated heterocycles. The number of methoxy groups -OCH3 is 1. The summed E-state index contributed by atoms with van der Waals surface area (Å²) in [5, 5.41) is 3.07. The van der Waals surface area contributed by atoms with Gasteiger partial charge in [-0.1, -0.05) is 23.7 Å². The Bertz CT molecular complexity index is 653. The van der Waals surface area contributed by atoms with Crippen LogP contribution in [-0.2, 0) is 0 Å². The first-order chi connectivity index (χ1) is 10.1. The number of carbonyl (C=O) groups is 2. The Morgan fingerprint density at radius 3 is 2.43 bits per heavy atom. The van der Waals surface area contributed by atoms with Crippen molar-refractivity contribution in [3.63, 3.8) is 0 Å². The fraction of sp³-hybridized carbons (Fsp3) is 0.125. The lowest BCUT2D eigenvalue weighted by atomic mass is 10.1. The Hall–Kier alpha value is -2.33. The van der Waals surface area contributed by atoms with E-state index in [1.807, 2.05) is 0 Å². The highest BCUT2D eigenvalue weighted by molar-refractivity contribution is 6.31. The molecule has 2 aromatic rings. The summed E-state index contributed by atoms with van der Waals surface area (Å²) >= 11 is 5.82. The molecule has 1 amide bonds. The van der Waals surface area contributed by atoms with Crippen molar-refractivity contribution in [1.29, 1.82) is 0 Å². The summed E-state index contributed by atoms with van der Waals surface area (Å²) in [7, 11) is 1.55. The zero-order valence-corrected chi connectivity index (χ0v) is 12.2. The first-order valence-electron chi connectivity index (χ1n) is 6.31. The summed E-state index contributed by atoms with van der Waals surface area (Å²) in [6.07, 6.45) is 0. The van der Waals surface area contributed by atoms with E-state index in [-0.39, 0.29) is 18.2 Å². The van der Waals surface area contributed by atoms with Gasteiger partial charge in [0.15, 0.2) is 5.78 Å². The number of rotatable bonds is 5. The minimum absolute atomic E-state index is 0.0782. The molecule has 1 N–H and O–H groups in total. The number of hydrogen-bond donors (Lipinski definition) is 1. The average Bonchev–Trinajstić information content (AvgIpc) is 2.52. The maximum Gasteiger partial charge on any atom is 0.251 e. The summed E-state index contributed by atoms with van der Waals surface area (Å²) in [5.41, 5.74) is 0.937. The standard InChI is InChI=1S/C16H14ClNO3/c1-21-14-7-5-11(6-8-14)16(20)18-10-15(19)12-3-2-4-13(17)9-12/h2-9H,10H2,1H3,(H,18,20). The van der Waals surface area contributed by atoms with Gasteiger partial charge in [0.2, 0.25) is 0 Å². The predicted octanol–water partition coefficient (Wildman–Crippen LogP) is 2.96. The van der Waals surface area contributed by atoms with Crippen molar-refractivity contribution in [3.05, 3.63) is 64.7 Å². The van der Waals surface area contributed by atoms with Crippen LogP contribution in [-0.4, -0.2) is 25.3 Å². The van der Waals surface area contributed by atoms with Gasteiger partial charge in [0.05, 0.1) is 13.7 Å². The molecule has 0 atom stereocenters. The molecule has 21 heavy (non-hydrogen) atoms. The SMILES string of the molecule is COc1ccc(C(=O)NCC(=O)c2cccc(Cl)c2)cc1. The number of benzene rings is 2. The fourth-order valence-electron chi connectivity index (χ4n) is 1.77. The van der Waals surface area contributed by atoms with Gasteiger partial charge in [-0.2, -0.15) is 0 Å². The van der Waals surface area contributed by atoms with Crippen LogP contribution in [0.25, 0.3) is 0 Å². The lowest BCUT2D eigenvalue weighted by molar-refractivity contribution is 0.0904. The molecule has 108 valence electrons. The number of halogens is 1. The summed E-state index contributed by atoms with van der Waals surface area (Å²) < 4.78 is 5.02. The zero-order valence-electron chi connectivity index (χ0n) is 11.4.